The first-order valence-electron chi connectivity index (χ1n) is 9.77. The predicted molar refractivity (Wildman–Crippen MR) is 106 cm³/mol. The summed E-state index contributed by atoms with van der Waals surface area (Å²) >= 11 is 0. The Hall–Kier alpha value is -2.90. The van der Waals surface area contributed by atoms with Gasteiger partial charge in [-0.1, -0.05) is 12.1 Å². The number of aryl methyl sites for hydroxylation is 1. The molecule has 0 atom stereocenters. The number of benzene rings is 1. The second-order valence-corrected chi connectivity index (χ2v) is 8.04. The molecule has 1 aromatic carbocycles. The quantitative estimate of drug-likeness (QED) is 0.785. The van der Waals surface area contributed by atoms with Crippen LogP contribution in [0.5, 0.6) is 11.5 Å². The van der Waals surface area contributed by atoms with E-state index in [0.717, 1.165) is 17.7 Å². The zero-order valence-corrected chi connectivity index (χ0v) is 16.9. The van der Waals surface area contributed by atoms with Crippen molar-refractivity contribution < 1.29 is 18.7 Å². The third-order valence-corrected chi connectivity index (χ3v) is 5.28. The van der Waals surface area contributed by atoms with Crippen molar-refractivity contribution in [3.8, 4) is 11.5 Å². The average molecular weight is 400 g/mol. The summed E-state index contributed by atoms with van der Waals surface area (Å²) in [5.74, 6) is 1.11. The molecule has 0 spiro atoms. The summed E-state index contributed by atoms with van der Waals surface area (Å²) < 4.78 is 26.0. The fourth-order valence-electron chi connectivity index (χ4n) is 3.77. The van der Waals surface area contributed by atoms with Crippen LogP contribution in [0.4, 0.5) is 10.2 Å². The highest BCUT2D eigenvalue weighted by Gasteiger charge is 2.32. The van der Waals surface area contributed by atoms with Gasteiger partial charge in [0, 0.05) is 38.2 Å². The number of halogens is 1. The Morgan fingerprint density at radius 1 is 1.24 bits per heavy atom. The minimum Gasteiger partial charge on any atom is -0.483 e. The molecule has 154 valence electrons. The van der Waals surface area contributed by atoms with Gasteiger partial charge in [-0.25, -0.2) is 14.4 Å². The first-order valence-corrected chi connectivity index (χ1v) is 9.77. The van der Waals surface area contributed by atoms with E-state index in [0.29, 0.717) is 43.4 Å². The standard InChI is InChI=1S/C21H25FN4O3/c1-14-18(22)20(24-13-23-14)26-9-7-25(8-10-26)17(27)12-28-16-6-4-5-15-11-21(2,3)29-19(15)16/h4-6,13H,7-12H2,1-3H3. The Kier molecular flexibility index (Phi) is 5.02. The second kappa shape index (κ2) is 7.50. The molecule has 0 radical (unpaired) electrons. The summed E-state index contributed by atoms with van der Waals surface area (Å²) in [6.07, 6.45) is 2.18. The number of aromatic nitrogens is 2. The molecule has 1 fully saturated rings. The summed E-state index contributed by atoms with van der Waals surface area (Å²) in [6, 6.07) is 5.76. The van der Waals surface area contributed by atoms with E-state index < -0.39 is 5.82 Å². The van der Waals surface area contributed by atoms with Gasteiger partial charge in [0.1, 0.15) is 11.9 Å². The lowest BCUT2D eigenvalue weighted by atomic mass is 10.0. The number of carbonyl (C=O) groups is 1. The molecular weight excluding hydrogens is 375 g/mol. The van der Waals surface area contributed by atoms with Crippen LogP contribution in [-0.2, 0) is 11.2 Å². The number of hydrogen-bond donors (Lipinski definition) is 0. The number of anilines is 1. The molecule has 0 saturated carbocycles. The molecule has 2 aromatic rings. The van der Waals surface area contributed by atoms with Gasteiger partial charge in [0.25, 0.3) is 5.91 Å². The third-order valence-electron chi connectivity index (χ3n) is 5.28. The number of hydrogen-bond acceptors (Lipinski definition) is 6. The van der Waals surface area contributed by atoms with Gasteiger partial charge < -0.3 is 19.3 Å². The van der Waals surface area contributed by atoms with Crippen LogP contribution in [0.3, 0.4) is 0 Å². The predicted octanol–water partition coefficient (Wildman–Crippen LogP) is 2.37. The van der Waals surface area contributed by atoms with Crippen LogP contribution < -0.4 is 14.4 Å². The normalized spacial score (nSPS) is 17.7. The summed E-state index contributed by atoms with van der Waals surface area (Å²) in [7, 11) is 0. The van der Waals surface area contributed by atoms with Crippen molar-refractivity contribution in [2.45, 2.75) is 32.8 Å². The van der Waals surface area contributed by atoms with Crippen LogP contribution in [0.25, 0.3) is 0 Å². The molecule has 0 unspecified atom stereocenters. The van der Waals surface area contributed by atoms with Gasteiger partial charge in [0.15, 0.2) is 29.7 Å². The maximum absolute atomic E-state index is 14.2. The number of nitrogens with zero attached hydrogens (tertiary/aromatic N) is 4. The number of piperazine rings is 1. The molecule has 3 heterocycles. The fraction of sp³-hybridized carbons (Fsp3) is 0.476. The van der Waals surface area contributed by atoms with E-state index >= 15 is 0 Å². The molecule has 7 nitrogen and oxygen atoms in total. The van der Waals surface area contributed by atoms with Crippen LogP contribution in [0.1, 0.15) is 25.1 Å². The van der Waals surface area contributed by atoms with Crippen molar-refractivity contribution >= 4 is 11.7 Å². The van der Waals surface area contributed by atoms with Gasteiger partial charge >= 0.3 is 0 Å². The van der Waals surface area contributed by atoms with Crippen LogP contribution in [0.15, 0.2) is 24.5 Å². The monoisotopic (exact) mass is 400 g/mol. The number of ether oxygens (including phenoxy) is 2. The molecule has 1 saturated heterocycles. The summed E-state index contributed by atoms with van der Waals surface area (Å²) in [4.78, 5) is 24.1. The van der Waals surface area contributed by atoms with Crippen molar-refractivity contribution in [3.63, 3.8) is 0 Å². The van der Waals surface area contributed by atoms with Gasteiger partial charge in [-0.15, -0.1) is 0 Å². The van der Waals surface area contributed by atoms with E-state index in [2.05, 4.69) is 9.97 Å². The van der Waals surface area contributed by atoms with E-state index in [-0.39, 0.29) is 18.1 Å². The fourth-order valence-corrected chi connectivity index (χ4v) is 3.77. The minimum atomic E-state index is -0.406. The Bertz CT molecular complexity index is 926. The van der Waals surface area contributed by atoms with Gasteiger partial charge in [0.2, 0.25) is 0 Å². The van der Waals surface area contributed by atoms with Gasteiger partial charge in [-0.2, -0.15) is 0 Å². The van der Waals surface area contributed by atoms with Crippen LogP contribution >= 0.6 is 0 Å². The lowest BCUT2D eigenvalue weighted by Gasteiger charge is -2.35. The molecule has 0 N–H and O–H groups in total. The molecular formula is C21H25FN4O3. The van der Waals surface area contributed by atoms with E-state index in [4.69, 9.17) is 9.47 Å². The summed E-state index contributed by atoms with van der Waals surface area (Å²) in [5, 5.41) is 0. The van der Waals surface area contributed by atoms with Crippen molar-refractivity contribution in [1.29, 1.82) is 0 Å². The van der Waals surface area contributed by atoms with Crippen LogP contribution in [0, 0.1) is 12.7 Å². The highest BCUT2D eigenvalue weighted by atomic mass is 19.1. The van der Waals surface area contributed by atoms with E-state index in [1.165, 1.54) is 6.33 Å². The molecule has 1 aromatic heterocycles. The zero-order valence-electron chi connectivity index (χ0n) is 16.9. The first-order chi connectivity index (χ1) is 13.8. The minimum absolute atomic E-state index is 0.0543. The molecule has 8 heteroatoms. The van der Waals surface area contributed by atoms with Crippen LogP contribution in [0.2, 0.25) is 0 Å². The van der Waals surface area contributed by atoms with Crippen molar-refractivity contribution in [1.82, 2.24) is 14.9 Å². The molecule has 1 amide bonds. The van der Waals surface area contributed by atoms with Crippen molar-refractivity contribution in [3.05, 3.63) is 41.6 Å². The maximum atomic E-state index is 14.2. The smallest absolute Gasteiger partial charge is 0.260 e. The topological polar surface area (TPSA) is 67.8 Å². The highest BCUT2D eigenvalue weighted by molar-refractivity contribution is 5.78. The number of amides is 1. The lowest BCUT2D eigenvalue weighted by Crippen LogP contribution is -2.50. The van der Waals surface area contributed by atoms with E-state index in [9.17, 15) is 9.18 Å². The highest BCUT2D eigenvalue weighted by Crippen LogP contribution is 2.41. The molecule has 2 aliphatic heterocycles. The summed E-state index contributed by atoms with van der Waals surface area (Å²) in [6.45, 7) is 7.62. The second-order valence-electron chi connectivity index (χ2n) is 8.04. The van der Waals surface area contributed by atoms with Gasteiger partial charge in [0.05, 0.1) is 5.69 Å². The molecule has 0 bridgehead atoms. The lowest BCUT2D eigenvalue weighted by molar-refractivity contribution is -0.133. The first kappa shape index (κ1) is 19.4. The largest absolute Gasteiger partial charge is 0.483 e. The average Bonchev–Trinajstić information content (AvgIpc) is 3.03. The summed E-state index contributed by atoms with van der Waals surface area (Å²) in [5.41, 5.74) is 1.15. The van der Waals surface area contributed by atoms with Gasteiger partial charge in [-0.05, 0) is 26.8 Å². The molecule has 4 rings (SSSR count). The maximum Gasteiger partial charge on any atom is 0.260 e. The number of rotatable bonds is 4. The molecule has 0 aliphatic carbocycles. The van der Waals surface area contributed by atoms with E-state index in [1.807, 2.05) is 36.9 Å². The Labute approximate surface area is 169 Å². The van der Waals surface area contributed by atoms with E-state index in [1.54, 1.807) is 11.8 Å². The number of carbonyl (C=O) groups excluding carboxylic acids is 1. The van der Waals surface area contributed by atoms with Crippen molar-refractivity contribution in [2.24, 2.45) is 0 Å². The molecule has 29 heavy (non-hydrogen) atoms. The Balaban J connectivity index is 1.34. The number of para-hydroxylation sites is 1. The number of fused-ring (bicyclic) bond motifs is 1. The SMILES string of the molecule is Cc1ncnc(N2CCN(C(=O)COc3cccc4c3OC(C)(C)C4)CC2)c1F. The Morgan fingerprint density at radius 3 is 2.76 bits per heavy atom. The zero-order chi connectivity index (χ0) is 20.6. The van der Waals surface area contributed by atoms with Gasteiger partial charge in [-0.3, -0.25) is 4.79 Å². The Morgan fingerprint density at radius 2 is 2.00 bits per heavy atom. The van der Waals surface area contributed by atoms with Crippen molar-refractivity contribution in [2.75, 3.05) is 37.7 Å². The molecule has 2 aliphatic rings. The third kappa shape index (κ3) is 3.97. The van der Waals surface area contributed by atoms with Crippen LogP contribution in [-0.4, -0.2) is 59.2 Å².